The maximum absolute atomic E-state index is 11.8. The summed E-state index contributed by atoms with van der Waals surface area (Å²) in [5, 5.41) is 6.60. The Bertz CT molecular complexity index is 258. The van der Waals surface area contributed by atoms with Gasteiger partial charge in [0.2, 0.25) is 5.91 Å². The van der Waals surface area contributed by atoms with Crippen molar-refractivity contribution in [1.29, 1.82) is 0 Å². The van der Waals surface area contributed by atoms with Crippen LogP contribution in [0, 0.1) is 5.92 Å². The molecule has 0 aliphatic carbocycles. The minimum atomic E-state index is 0.117. The van der Waals surface area contributed by atoms with Crippen molar-refractivity contribution < 1.29 is 9.53 Å². The number of hydrogen-bond donors (Lipinski definition) is 2. The first-order valence-electron chi connectivity index (χ1n) is 6.71. The summed E-state index contributed by atoms with van der Waals surface area (Å²) in [7, 11) is 1.66. The lowest BCUT2D eigenvalue weighted by molar-refractivity contribution is -0.123. The van der Waals surface area contributed by atoms with Crippen molar-refractivity contribution in [2.24, 2.45) is 5.92 Å². The van der Waals surface area contributed by atoms with Gasteiger partial charge in [0.05, 0.1) is 6.61 Å². The zero-order valence-corrected chi connectivity index (χ0v) is 10.9. The molecular formula is C13H24N2O2. The van der Waals surface area contributed by atoms with Crippen LogP contribution in [0.25, 0.3) is 0 Å². The van der Waals surface area contributed by atoms with E-state index in [1.807, 2.05) is 6.92 Å². The first kappa shape index (κ1) is 12.8. The van der Waals surface area contributed by atoms with Crippen molar-refractivity contribution in [2.75, 3.05) is 13.7 Å². The Balaban J connectivity index is 1.71. The molecule has 0 saturated carbocycles. The van der Waals surface area contributed by atoms with Crippen molar-refractivity contribution in [3.63, 3.8) is 0 Å². The van der Waals surface area contributed by atoms with E-state index in [-0.39, 0.29) is 11.9 Å². The highest BCUT2D eigenvalue weighted by Gasteiger charge is 2.34. The molecule has 2 heterocycles. The number of ether oxygens (including phenoxy) is 1. The van der Waals surface area contributed by atoms with E-state index in [4.69, 9.17) is 4.74 Å². The fourth-order valence-corrected chi connectivity index (χ4v) is 3.23. The van der Waals surface area contributed by atoms with Crippen LogP contribution in [0.15, 0.2) is 0 Å². The molecule has 2 aliphatic heterocycles. The highest BCUT2D eigenvalue weighted by atomic mass is 16.5. The molecule has 2 bridgehead atoms. The van der Waals surface area contributed by atoms with Gasteiger partial charge in [-0.05, 0) is 38.5 Å². The monoisotopic (exact) mass is 240 g/mol. The van der Waals surface area contributed by atoms with Gasteiger partial charge in [0, 0.05) is 31.7 Å². The summed E-state index contributed by atoms with van der Waals surface area (Å²) in [6.45, 7) is 2.57. The van der Waals surface area contributed by atoms with Crippen LogP contribution in [0.5, 0.6) is 0 Å². The number of carbonyl (C=O) groups is 1. The van der Waals surface area contributed by atoms with E-state index >= 15 is 0 Å². The molecule has 2 fully saturated rings. The van der Waals surface area contributed by atoms with Crippen LogP contribution in [0.3, 0.4) is 0 Å². The Kier molecular flexibility index (Phi) is 4.40. The molecule has 17 heavy (non-hydrogen) atoms. The lowest BCUT2D eigenvalue weighted by Gasteiger charge is -2.29. The smallest absolute Gasteiger partial charge is 0.220 e. The molecule has 3 unspecified atom stereocenters. The molecule has 0 aromatic carbocycles. The lowest BCUT2D eigenvalue weighted by atomic mass is 9.89. The first-order chi connectivity index (χ1) is 8.17. The van der Waals surface area contributed by atoms with E-state index in [1.165, 1.54) is 25.7 Å². The van der Waals surface area contributed by atoms with E-state index in [2.05, 4.69) is 10.6 Å². The normalized spacial score (nSPS) is 33.4. The van der Waals surface area contributed by atoms with Crippen molar-refractivity contribution in [2.45, 2.75) is 57.2 Å². The molecule has 4 nitrogen and oxygen atoms in total. The predicted molar refractivity (Wildman–Crippen MR) is 66.8 cm³/mol. The Labute approximate surface area is 103 Å². The van der Waals surface area contributed by atoms with Gasteiger partial charge in [0.15, 0.2) is 0 Å². The minimum absolute atomic E-state index is 0.117. The summed E-state index contributed by atoms with van der Waals surface area (Å²) in [5.74, 6) is 0.754. The summed E-state index contributed by atoms with van der Waals surface area (Å²) in [5.41, 5.74) is 0. The van der Waals surface area contributed by atoms with Crippen LogP contribution < -0.4 is 10.6 Å². The van der Waals surface area contributed by atoms with Gasteiger partial charge in [-0.3, -0.25) is 4.79 Å². The van der Waals surface area contributed by atoms with Crippen molar-refractivity contribution >= 4 is 5.91 Å². The SMILES string of the molecule is COCC(C)NC(=O)CC1CC2CCC(C1)N2. The summed E-state index contributed by atoms with van der Waals surface area (Å²) in [6, 6.07) is 1.46. The number of carbonyl (C=O) groups excluding carboxylic acids is 1. The molecule has 0 radical (unpaired) electrons. The molecule has 0 aromatic heterocycles. The number of fused-ring (bicyclic) bond motifs is 2. The fraction of sp³-hybridized carbons (Fsp3) is 0.923. The third kappa shape index (κ3) is 3.68. The molecule has 98 valence electrons. The van der Waals surface area contributed by atoms with Gasteiger partial charge in [-0.25, -0.2) is 0 Å². The molecule has 2 aliphatic rings. The lowest BCUT2D eigenvalue weighted by Crippen LogP contribution is -2.41. The van der Waals surface area contributed by atoms with Crippen molar-refractivity contribution in [1.82, 2.24) is 10.6 Å². The van der Waals surface area contributed by atoms with Gasteiger partial charge in [-0.15, -0.1) is 0 Å². The second kappa shape index (κ2) is 5.83. The molecule has 4 heteroatoms. The van der Waals surface area contributed by atoms with Gasteiger partial charge < -0.3 is 15.4 Å². The average molecular weight is 240 g/mol. The number of hydrogen-bond acceptors (Lipinski definition) is 3. The fourth-order valence-electron chi connectivity index (χ4n) is 3.23. The van der Waals surface area contributed by atoms with Crippen LogP contribution in [0.4, 0.5) is 0 Å². The van der Waals surface area contributed by atoms with E-state index < -0.39 is 0 Å². The molecule has 0 aromatic rings. The number of nitrogens with one attached hydrogen (secondary N) is 2. The summed E-state index contributed by atoms with van der Waals surface area (Å²) >= 11 is 0. The molecule has 0 spiro atoms. The van der Waals surface area contributed by atoms with E-state index in [9.17, 15) is 4.79 Å². The quantitative estimate of drug-likeness (QED) is 0.755. The summed E-state index contributed by atoms with van der Waals surface area (Å²) < 4.78 is 5.01. The van der Waals surface area contributed by atoms with Crippen molar-refractivity contribution in [3.8, 4) is 0 Å². The Morgan fingerprint density at radius 2 is 2.06 bits per heavy atom. The summed E-state index contributed by atoms with van der Waals surface area (Å²) in [4.78, 5) is 11.8. The number of piperidine rings is 1. The van der Waals surface area contributed by atoms with Gasteiger partial charge in [-0.2, -0.15) is 0 Å². The molecule has 1 amide bonds. The molecule has 2 rings (SSSR count). The van der Waals surface area contributed by atoms with Gasteiger partial charge in [0.25, 0.3) is 0 Å². The highest BCUT2D eigenvalue weighted by Crippen LogP contribution is 2.32. The third-order valence-electron chi connectivity index (χ3n) is 3.87. The highest BCUT2D eigenvalue weighted by molar-refractivity contribution is 5.76. The number of amides is 1. The Morgan fingerprint density at radius 1 is 1.41 bits per heavy atom. The number of rotatable bonds is 5. The van der Waals surface area contributed by atoms with Gasteiger partial charge in [0.1, 0.15) is 0 Å². The van der Waals surface area contributed by atoms with Crippen molar-refractivity contribution in [3.05, 3.63) is 0 Å². The van der Waals surface area contributed by atoms with E-state index in [0.717, 1.165) is 0 Å². The third-order valence-corrected chi connectivity index (χ3v) is 3.87. The first-order valence-corrected chi connectivity index (χ1v) is 6.71. The largest absolute Gasteiger partial charge is 0.383 e. The maximum Gasteiger partial charge on any atom is 0.220 e. The van der Waals surface area contributed by atoms with Gasteiger partial charge >= 0.3 is 0 Å². The second-order valence-corrected chi connectivity index (χ2v) is 5.60. The maximum atomic E-state index is 11.8. The molecular weight excluding hydrogens is 216 g/mol. The summed E-state index contributed by atoms with van der Waals surface area (Å²) in [6.07, 6.45) is 5.61. The topological polar surface area (TPSA) is 50.4 Å². The number of methoxy groups -OCH3 is 1. The molecule has 3 atom stereocenters. The second-order valence-electron chi connectivity index (χ2n) is 5.60. The van der Waals surface area contributed by atoms with Crippen LogP contribution in [0.1, 0.15) is 39.0 Å². The molecule has 2 saturated heterocycles. The average Bonchev–Trinajstić information content (AvgIpc) is 2.58. The zero-order valence-electron chi connectivity index (χ0n) is 10.9. The standard InChI is InChI=1S/C13H24N2O2/c1-9(8-17-2)14-13(16)7-10-5-11-3-4-12(6-10)15-11/h9-12,15H,3-8H2,1-2H3,(H,14,16). The zero-order chi connectivity index (χ0) is 12.3. The van der Waals surface area contributed by atoms with E-state index in [0.29, 0.717) is 31.0 Å². The van der Waals surface area contributed by atoms with E-state index in [1.54, 1.807) is 7.11 Å². The molecule has 2 N–H and O–H groups in total. The van der Waals surface area contributed by atoms with Crippen LogP contribution >= 0.6 is 0 Å². The predicted octanol–water partition coefficient (Wildman–Crippen LogP) is 1.06. The van der Waals surface area contributed by atoms with Crippen LogP contribution in [-0.2, 0) is 9.53 Å². The Hall–Kier alpha value is -0.610. The van der Waals surface area contributed by atoms with Crippen LogP contribution in [-0.4, -0.2) is 37.7 Å². The Morgan fingerprint density at radius 3 is 2.65 bits per heavy atom. The minimum Gasteiger partial charge on any atom is -0.383 e. The van der Waals surface area contributed by atoms with Gasteiger partial charge in [-0.1, -0.05) is 0 Å². The van der Waals surface area contributed by atoms with Crippen LogP contribution in [0.2, 0.25) is 0 Å².